The van der Waals surface area contributed by atoms with Crippen LogP contribution in [0.4, 0.5) is 0 Å². The molecule has 0 unspecified atom stereocenters. The monoisotopic (exact) mass is 1040 g/mol. The van der Waals surface area contributed by atoms with Crippen molar-refractivity contribution in [2.45, 2.75) is 102 Å². The number of carbonyl (C=O) groups excluding carboxylic acids is 5. The summed E-state index contributed by atoms with van der Waals surface area (Å²) in [5.41, 5.74) is 14.8. The fraction of sp³-hybridized carbons (Fsp3) is 0.451. The van der Waals surface area contributed by atoms with Crippen LogP contribution in [0, 0.1) is 25.2 Å². The molecule has 4 atom stereocenters. The van der Waals surface area contributed by atoms with E-state index in [1.165, 1.54) is 20.4 Å². The summed E-state index contributed by atoms with van der Waals surface area (Å²) in [6.07, 6.45) is 5.50. The number of rotatable bonds is 20. The van der Waals surface area contributed by atoms with E-state index in [-0.39, 0.29) is 75.9 Å². The zero-order valence-electron chi connectivity index (χ0n) is 42.1. The van der Waals surface area contributed by atoms with E-state index in [0.717, 1.165) is 36.3 Å². The van der Waals surface area contributed by atoms with Crippen LogP contribution in [0.25, 0.3) is 22.5 Å². The second-order valence-electron chi connectivity index (χ2n) is 18.2. The van der Waals surface area contributed by atoms with Gasteiger partial charge in [-0.15, -0.1) is 0 Å². The summed E-state index contributed by atoms with van der Waals surface area (Å²) < 4.78 is 44.3. The molecule has 2 heterocycles. The second-order valence-corrected chi connectivity index (χ2v) is 19.6. The zero-order chi connectivity index (χ0) is 53.5. The lowest BCUT2D eigenvalue weighted by Gasteiger charge is -2.33. The summed E-state index contributed by atoms with van der Waals surface area (Å²) in [6, 6.07) is 13.8. The molecule has 0 saturated heterocycles. The third-order valence-corrected chi connectivity index (χ3v) is 13.2. The van der Waals surface area contributed by atoms with E-state index < -0.39 is 63.9 Å². The standard InChI is InChI=1S/C51H66N12O10S/c1-30-44(31(2)59-46(58-30)34-13-16-37(17-14-34)73-36-9-6-5-7-10-36)49(66)61-40(11-8-23-57-74(55,69)70)51(68)63(4)45-35-15-19-43(72-26-22-54)39(29-35)38-27-33(12-18-42(38)71-25-21-53)28-41(48(65)56-24-20-52)62-47(64)32(3)60-50(45)67/h12-19,27,29,32,36,40-41,45,57H,5-11,21-26,28,53-54H2,1-4H3,(H,56,65)(H,60,67)(H,61,66)(H,62,64)(H2,55,69,70)/t32-,40-,41-,45-/m0/s1. The molecule has 22 nitrogen and oxygen atoms in total. The highest BCUT2D eigenvalue weighted by atomic mass is 32.2. The van der Waals surface area contributed by atoms with Gasteiger partial charge in [0.25, 0.3) is 16.1 Å². The van der Waals surface area contributed by atoms with Gasteiger partial charge in [-0.05, 0) is 119 Å². The van der Waals surface area contributed by atoms with Gasteiger partial charge in [-0.25, -0.2) is 19.8 Å². The van der Waals surface area contributed by atoms with Crippen LogP contribution < -0.4 is 56.8 Å². The lowest BCUT2D eigenvalue weighted by atomic mass is 9.93. The van der Waals surface area contributed by atoms with Crippen molar-refractivity contribution in [1.82, 2.24) is 40.9 Å². The number of aryl methyl sites for hydroxylation is 2. The van der Waals surface area contributed by atoms with Gasteiger partial charge in [0.2, 0.25) is 23.6 Å². The molecule has 0 radical (unpaired) electrons. The molecule has 1 fully saturated rings. The summed E-state index contributed by atoms with van der Waals surface area (Å²) >= 11 is 0. The molecule has 1 aliphatic heterocycles. The van der Waals surface area contributed by atoms with E-state index in [4.69, 9.17) is 30.8 Å². The molecule has 23 heteroatoms. The number of hydrogen-bond donors (Lipinski definition) is 8. The first kappa shape index (κ1) is 56.1. The average Bonchev–Trinajstić information content (AvgIpc) is 3.37. The Balaban J connectivity index is 1.38. The molecule has 3 aromatic carbocycles. The summed E-state index contributed by atoms with van der Waals surface area (Å²) in [5.74, 6) is -1.93. The fourth-order valence-electron chi connectivity index (χ4n) is 8.95. The Bertz CT molecular complexity index is 2800. The van der Waals surface area contributed by atoms with Gasteiger partial charge in [0.1, 0.15) is 61.2 Å². The number of nitrogens with zero attached hydrogens (tertiary/aromatic N) is 4. The van der Waals surface area contributed by atoms with Gasteiger partial charge >= 0.3 is 0 Å². The van der Waals surface area contributed by atoms with Crippen molar-refractivity contribution in [3.05, 3.63) is 88.7 Å². The summed E-state index contributed by atoms with van der Waals surface area (Å²) in [5, 5.41) is 25.1. The predicted octanol–water partition coefficient (Wildman–Crippen LogP) is 1.87. The maximum Gasteiger partial charge on any atom is 0.274 e. The van der Waals surface area contributed by atoms with Crippen molar-refractivity contribution in [1.29, 1.82) is 5.26 Å². The van der Waals surface area contributed by atoms with Gasteiger partial charge in [0.05, 0.1) is 29.1 Å². The lowest BCUT2D eigenvalue weighted by molar-refractivity contribution is -0.141. The van der Waals surface area contributed by atoms with Crippen LogP contribution in [0.5, 0.6) is 17.2 Å². The highest BCUT2D eigenvalue weighted by Gasteiger charge is 2.37. The number of benzene rings is 3. The van der Waals surface area contributed by atoms with Gasteiger partial charge < -0.3 is 51.8 Å². The number of nitrogens with one attached hydrogen (secondary N) is 5. The van der Waals surface area contributed by atoms with Gasteiger partial charge in [-0.1, -0.05) is 18.6 Å². The highest BCUT2D eigenvalue weighted by Crippen LogP contribution is 2.40. The molecule has 4 bridgehead atoms. The van der Waals surface area contributed by atoms with Crippen molar-refractivity contribution in [2.24, 2.45) is 16.6 Å². The molecule has 396 valence electrons. The van der Waals surface area contributed by atoms with Crippen LogP contribution in [-0.2, 0) is 35.8 Å². The first-order valence-electron chi connectivity index (χ1n) is 24.6. The Morgan fingerprint density at radius 3 is 2.15 bits per heavy atom. The van der Waals surface area contributed by atoms with Crippen LogP contribution in [0.2, 0.25) is 0 Å². The van der Waals surface area contributed by atoms with Gasteiger partial charge in [0, 0.05) is 49.8 Å². The third kappa shape index (κ3) is 14.9. The molecule has 4 aromatic rings. The second kappa shape index (κ2) is 26.1. The van der Waals surface area contributed by atoms with Crippen LogP contribution >= 0.6 is 0 Å². The molecule has 74 heavy (non-hydrogen) atoms. The van der Waals surface area contributed by atoms with Crippen molar-refractivity contribution < 1.29 is 46.6 Å². The van der Waals surface area contributed by atoms with Crippen molar-refractivity contribution in [3.8, 4) is 45.8 Å². The Hall–Kier alpha value is -7.23. The quantitative estimate of drug-likeness (QED) is 0.0463. The van der Waals surface area contributed by atoms with E-state index in [9.17, 15) is 32.9 Å². The maximum atomic E-state index is 15.1. The van der Waals surface area contributed by atoms with Crippen molar-refractivity contribution in [2.75, 3.05) is 46.4 Å². The Labute approximate surface area is 431 Å². The molecule has 6 rings (SSSR count). The minimum Gasteiger partial charge on any atom is -0.492 e. The first-order chi connectivity index (χ1) is 35.4. The van der Waals surface area contributed by atoms with E-state index in [1.54, 1.807) is 50.2 Å². The molecule has 11 N–H and O–H groups in total. The van der Waals surface area contributed by atoms with Gasteiger partial charge in [0.15, 0.2) is 5.82 Å². The Morgan fingerprint density at radius 2 is 1.53 bits per heavy atom. The lowest BCUT2D eigenvalue weighted by Crippen LogP contribution is -2.56. The minimum atomic E-state index is -4.12. The van der Waals surface area contributed by atoms with Crippen LogP contribution in [0.15, 0.2) is 60.7 Å². The van der Waals surface area contributed by atoms with Gasteiger partial charge in [-0.3, -0.25) is 24.0 Å². The molecular weight excluding hydrogens is 973 g/mol. The number of fused-ring (bicyclic) bond motifs is 5. The highest BCUT2D eigenvalue weighted by molar-refractivity contribution is 7.87. The fourth-order valence-corrected chi connectivity index (χ4v) is 9.37. The third-order valence-electron chi connectivity index (χ3n) is 12.6. The van der Waals surface area contributed by atoms with Crippen LogP contribution in [-0.4, -0.2) is 123 Å². The Morgan fingerprint density at radius 1 is 0.892 bits per heavy atom. The average molecular weight is 1040 g/mol. The molecule has 1 saturated carbocycles. The molecule has 1 aromatic heterocycles. The van der Waals surface area contributed by atoms with E-state index in [1.807, 2.05) is 30.3 Å². The van der Waals surface area contributed by atoms with Gasteiger partial charge in [-0.2, -0.15) is 13.7 Å². The first-order valence-corrected chi connectivity index (χ1v) is 26.1. The minimum absolute atomic E-state index is 0.00520. The number of ether oxygens (including phenoxy) is 3. The van der Waals surface area contributed by atoms with E-state index >= 15 is 4.79 Å². The van der Waals surface area contributed by atoms with Crippen LogP contribution in [0.3, 0.4) is 0 Å². The van der Waals surface area contributed by atoms with E-state index in [0.29, 0.717) is 51.0 Å². The number of hydrogen-bond acceptors (Lipinski definition) is 15. The normalized spacial score (nSPS) is 17.6. The molecule has 0 spiro atoms. The number of nitrogens with two attached hydrogens (primary N) is 3. The smallest absolute Gasteiger partial charge is 0.274 e. The number of aromatic nitrogens is 2. The molecule has 1 aliphatic carbocycles. The zero-order valence-corrected chi connectivity index (χ0v) is 42.9. The maximum absolute atomic E-state index is 15.1. The molecule has 2 aliphatic rings. The number of amides is 5. The molecular formula is C51H66N12O10S. The van der Waals surface area contributed by atoms with Crippen LogP contribution in [0.1, 0.15) is 90.8 Å². The van der Waals surface area contributed by atoms with Crippen molar-refractivity contribution in [3.63, 3.8) is 0 Å². The SMILES string of the molecule is Cc1nc(-c2ccc(OC3CCCCC3)cc2)nc(C)c1C(=O)N[C@@H](CCCNS(N)(=O)=O)C(=O)N(C)[C@@H]1C(=O)N[C@@H](C)C(=O)N[C@H](C(=O)NCC#N)Cc2ccc(OCCN)c(c2)-c2cc1ccc2OCCN. The van der Waals surface area contributed by atoms with Crippen molar-refractivity contribution >= 4 is 39.7 Å². The number of carbonyl (C=O) groups is 5. The summed E-state index contributed by atoms with van der Waals surface area (Å²) in [4.78, 5) is 82.0. The summed E-state index contributed by atoms with van der Waals surface area (Å²) in [6.45, 7) is 4.67. The largest absolute Gasteiger partial charge is 0.492 e. The number of likely N-dealkylation sites (N-methyl/N-ethyl adjacent to an activating group) is 1. The Kier molecular flexibility index (Phi) is 19.8. The molecule has 5 amide bonds. The topological polar surface area (TPSA) is 338 Å². The summed E-state index contributed by atoms with van der Waals surface area (Å²) in [7, 11) is -2.77. The predicted molar refractivity (Wildman–Crippen MR) is 274 cm³/mol. The number of nitriles is 1. The van der Waals surface area contributed by atoms with E-state index in [2.05, 4.69) is 36.0 Å².